The highest BCUT2D eigenvalue weighted by atomic mass is 15.0. The molecule has 1 nitrogen and oxygen atoms in total. The molecule has 1 heteroatoms. The average molecular weight is 227 g/mol. The van der Waals surface area contributed by atoms with Crippen LogP contribution in [0, 0.1) is 18.3 Å². The van der Waals surface area contributed by atoms with Crippen molar-refractivity contribution < 1.29 is 0 Å². The van der Waals surface area contributed by atoms with Gasteiger partial charge in [0.2, 0.25) is 0 Å². The molecule has 0 aliphatic heterocycles. The molecule has 0 radical (unpaired) electrons. The fourth-order valence-electron chi connectivity index (χ4n) is 2.31. The number of benzene rings is 1. The Bertz CT molecular complexity index is 372. The van der Waals surface area contributed by atoms with Crippen LogP contribution in [0.2, 0.25) is 0 Å². The third-order valence-electron chi connectivity index (χ3n) is 3.41. The van der Waals surface area contributed by atoms with Crippen molar-refractivity contribution in [2.75, 3.05) is 0 Å². The maximum atomic E-state index is 5.59. The van der Waals surface area contributed by atoms with Gasteiger partial charge < -0.3 is 0 Å². The first kappa shape index (κ1) is 12.2. The van der Waals surface area contributed by atoms with Crippen molar-refractivity contribution in [1.82, 2.24) is 5.32 Å². The highest BCUT2D eigenvalue weighted by molar-refractivity contribution is 5.22. The Balaban J connectivity index is 2.05. The van der Waals surface area contributed by atoms with E-state index in [1.54, 1.807) is 0 Å². The lowest BCUT2D eigenvalue weighted by Crippen LogP contribution is -2.32. The van der Waals surface area contributed by atoms with E-state index in [4.69, 9.17) is 6.42 Å². The van der Waals surface area contributed by atoms with Crippen LogP contribution >= 0.6 is 0 Å². The first-order valence-corrected chi connectivity index (χ1v) is 6.62. The summed E-state index contributed by atoms with van der Waals surface area (Å²) < 4.78 is 0. The van der Waals surface area contributed by atoms with E-state index in [-0.39, 0.29) is 6.04 Å². The zero-order valence-corrected chi connectivity index (χ0v) is 10.5. The van der Waals surface area contributed by atoms with Crippen LogP contribution in [0.25, 0.3) is 0 Å². The lowest BCUT2D eigenvalue weighted by molar-refractivity contribution is 0.432. The van der Waals surface area contributed by atoms with E-state index in [9.17, 15) is 0 Å². The summed E-state index contributed by atoms with van der Waals surface area (Å²) in [4.78, 5) is 0. The van der Waals surface area contributed by atoms with Gasteiger partial charge in [0.15, 0.2) is 0 Å². The number of nitrogens with one attached hydrogen (secondary N) is 1. The van der Waals surface area contributed by atoms with Gasteiger partial charge in [-0.2, -0.15) is 0 Å². The van der Waals surface area contributed by atoms with Crippen LogP contribution in [0.15, 0.2) is 30.3 Å². The van der Waals surface area contributed by atoms with Crippen LogP contribution in [0.3, 0.4) is 0 Å². The highest BCUT2D eigenvalue weighted by Gasteiger charge is 2.32. The van der Waals surface area contributed by atoms with Crippen LogP contribution in [0.4, 0.5) is 0 Å². The molecule has 2 unspecified atom stereocenters. The Kier molecular flexibility index (Phi) is 4.23. The van der Waals surface area contributed by atoms with Crippen LogP contribution in [0.5, 0.6) is 0 Å². The van der Waals surface area contributed by atoms with Crippen LogP contribution in [-0.4, -0.2) is 6.04 Å². The van der Waals surface area contributed by atoms with Gasteiger partial charge >= 0.3 is 0 Å². The molecule has 0 heterocycles. The highest BCUT2D eigenvalue weighted by Crippen LogP contribution is 2.41. The summed E-state index contributed by atoms with van der Waals surface area (Å²) in [5.74, 6) is 3.66. The Morgan fingerprint density at radius 3 is 2.59 bits per heavy atom. The second kappa shape index (κ2) is 5.89. The molecule has 0 bridgehead atoms. The van der Waals surface area contributed by atoms with E-state index in [1.807, 2.05) is 0 Å². The fourth-order valence-corrected chi connectivity index (χ4v) is 2.31. The quantitative estimate of drug-likeness (QED) is 0.733. The second-order valence-electron chi connectivity index (χ2n) is 4.90. The minimum absolute atomic E-state index is 0.214. The van der Waals surface area contributed by atoms with Gasteiger partial charge in [0.1, 0.15) is 0 Å². The van der Waals surface area contributed by atoms with Crippen molar-refractivity contribution in [3.63, 3.8) is 0 Å². The lowest BCUT2D eigenvalue weighted by Gasteiger charge is -2.23. The number of hydrogen-bond donors (Lipinski definition) is 1. The largest absolute Gasteiger partial charge is 0.296 e. The molecule has 1 N–H and O–H groups in total. The molecule has 1 aromatic rings. The van der Waals surface area contributed by atoms with Gasteiger partial charge in [-0.3, -0.25) is 5.32 Å². The minimum Gasteiger partial charge on any atom is -0.296 e. The first-order chi connectivity index (χ1) is 8.35. The van der Waals surface area contributed by atoms with Gasteiger partial charge in [0.25, 0.3) is 0 Å². The topological polar surface area (TPSA) is 12.0 Å². The summed E-state index contributed by atoms with van der Waals surface area (Å²) in [5.41, 5.74) is 1.38. The van der Waals surface area contributed by atoms with E-state index < -0.39 is 0 Å². The monoisotopic (exact) mass is 227 g/mol. The van der Waals surface area contributed by atoms with Gasteiger partial charge in [-0.05, 0) is 30.7 Å². The smallest absolute Gasteiger partial charge is 0.0691 e. The molecule has 1 fully saturated rings. The molecule has 0 aromatic heterocycles. The predicted octanol–water partition coefficient (Wildman–Crippen LogP) is 3.53. The average Bonchev–Trinajstić information content (AvgIpc) is 3.20. The molecule has 0 spiro atoms. The molecule has 1 aromatic carbocycles. The number of rotatable bonds is 6. The number of terminal acetylenes is 1. The van der Waals surface area contributed by atoms with E-state index in [2.05, 4.69) is 48.5 Å². The zero-order valence-electron chi connectivity index (χ0n) is 10.5. The zero-order chi connectivity index (χ0) is 12.1. The van der Waals surface area contributed by atoms with Crippen molar-refractivity contribution in [1.29, 1.82) is 0 Å². The number of hydrogen-bond acceptors (Lipinski definition) is 1. The lowest BCUT2D eigenvalue weighted by atomic mass is 10.0. The van der Waals surface area contributed by atoms with Crippen molar-refractivity contribution in [3.8, 4) is 12.3 Å². The van der Waals surface area contributed by atoms with E-state index in [0.717, 1.165) is 18.8 Å². The summed E-state index contributed by atoms with van der Waals surface area (Å²) in [6.07, 6.45) is 10.4. The van der Waals surface area contributed by atoms with E-state index in [1.165, 1.54) is 18.4 Å². The normalized spacial score (nSPS) is 18.4. The molecule has 0 saturated heterocycles. The van der Waals surface area contributed by atoms with Crippen LogP contribution in [0.1, 0.15) is 44.2 Å². The molecular weight excluding hydrogens is 206 g/mol. The summed E-state index contributed by atoms with van der Waals surface area (Å²) in [7, 11) is 0. The summed E-state index contributed by atoms with van der Waals surface area (Å²) in [6.45, 7) is 2.18. The van der Waals surface area contributed by atoms with E-state index in [0.29, 0.717) is 6.04 Å². The van der Waals surface area contributed by atoms with Gasteiger partial charge in [-0.1, -0.05) is 49.6 Å². The molecule has 0 amide bonds. The fraction of sp³-hybridized carbons (Fsp3) is 0.500. The van der Waals surface area contributed by atoms with Gasteiger partial charge in [0.05, 0.1) is 6.04 Å². The van der Waals surface area contributed by atoms with Crippen LogP contribution < -0.4 is 5.32 Å². The molecule has 90 valence electrons. The second-order valence-corrected chi connectivity index (χ2v) is 4.90. The van der Waals surface area contributed by atoms with Gasteiger partial charge in [0, 0.05) is 6.04 Å². The molecule has 2 atom stereocenters. The van der Waals surface area contributed by atoms with Crippen molar-refractivity contribution in [2.24, 2.45) is 5.92 Å². The maximum Gasteiger partial charge on any atom is 0.0691 e. The summed E-state index contributed by atoms with van der Waals surface area (Å²) in [5, 5.41) is 3.65. The van der Waals surface area contributed by atoms with Gasteiger partial charge in [-0.15, -0.1) is 6.42 Å². The van der Waals surface area contributed by atoms with Gasteiger partial charge in [-0.25, -0.2) is 0 Å². The molecule has 17 heavy (non-hydrogen) atoms. The standard InChI is InChI=1S/C16H21N/c1-3-8-15(4-2)17-16(14-11-12-14)13-9-6-5-7-10-13/h2,5-7,9-10,14-17H,3,8,11-12H2,1H3. The predicted molar refractivity (Wildman–Crippen MR) is 72.6 cm³/mol. The Labute approximate surface area is 105 Å². The third-order valence-corrected chi connectivity index (χ3v) is 3.41. The third kappa shape index (κ3) is 3.35. The maximum absolute atomic E-state index is 5.59. The van der Waals surface area contributed by atoms with Crippen LogP contribution in [-0.2, 0) is 0 Å². The Hall–Kier alpha value is -1.26. The van der Waals surface area contributed by atoms with E-state index >= 15 is 0 Å². The molecule has 2 rings (SSSR count). The Morgan fingerprint density at radius 2 is 2.06 bits per heavy atom. The molecular formula is C16H21N. The molecule has 1 aliphatic rings. The summed E-state index contributed by atoms with van der Waals surface area (Å²) >= 11 is 0. The summed E-state index contributed by atoms with van der Waals surface area (Å²) in [6, 6.07) is 11.4. The minimum atomic E-state index is 0.214. The molecule has 1 aliphatic carbocycles. The van der Waals surface area contributed by atoms with Crippen molar-refractivity contribution >= 4 is 0 Å². The van der Waals surface area contributed by atoms with Crippen molar-refractivity contribution in [3.05, 3.63) is 35.9 Å². The SMILES string of the molecule is C#CC(CCC)NC(c1ccccc1)C1CC1. The first-order valence-electron chi connectivity index (χ1n) is 6.62. The Morgan fingerprint density at radius 1 is 1.35 bits per heavy atom. The van der Waals surface area contributed by atoms with Crippen molar-refractivity contribution in [2.45, 2.75) is 44.7 Å². The molecule has 1 saturated carbocycles.